The third kappa shape index (κ3) is 3.96. The zero-order chi connectivity index (χ0) is 13.7. The summed E-state index contributed by atoms with van der Waals surface area (Å²) in [5.74, 6) is 0.501. The van der Waals surface area contributed by atoms with Crippen LogP contribution in [0.2, 0.25) is 0 Å². The number of anilines is 1. The molecule has 1 amide bonds. The first kappa shape index (κ1) is 13.9. The van der Waals surface area contributed by atoms with Gasteiger partial charge in [0.15, 0.2) is 0 Å². The van der Waals surface area contributed by atoms with Gasteiger partial charge in [0.05, 0.1) is 6.26 Å². The Morgan fingerprint density at radius 3 is 2.95 bits per heavy atom. The molecule has 2 rings (SSSR count). The maximum atomic E-state index is 11.8. The standard InChI is InChI=1S/C15H14INO2/c1-2-11-10-12(16)5-7-14(11)17-15(18)8-6-13-4-3-9-19-13/h3-10H,2H2,1H3,(H,17,18). The second-order valence-corrected chi connectivity index (χ2v) is 5.24. The molecule has 0 saturated carbocycles. The Kier molecular flexibility index (Phi) is 4.79. The predicted octanol–water partition coefficient (Wildman–Crippen LogP) is 4.10. The van der Waals surface area contributed by atoms with Crippen LogP contribution in [0.4, 0.5) is 5.69 Å². The largest absolute Gasteiger partial charge is 0.465 e. The topological polar surface area (TPSA) is 42.2 Å². The summed E-state index contributed by atoms with van der Waals surface area (Å²) in [5, 5.41) is 2.88. The number of aryl methyl sites for hydroxylation is 1. The van der Waals surface area contributed by atoms with Gasteiger partial charge >= 0.3 is 0 Å². The number of rotatable bonds is 4. The Morgan fingerprint density at radius 1 is 1.42 bits per heavy atom. The molecule has 1 heterocycles. The smallest absolute Gasteiger partial charge is 0.248 e. The molecule has 98 valence electrons. The van der Waals surface area contributed by atoms with E-state index in [1.54, 1.807) is 24.5 Å². The average Bonchev–Trinajstić information content (AvgIpc) is 2.91. The van der Waals surface area contributed by atoms with E-state index in [9.17, 15) is 4.79 Å². The van der Waals surface area contributed by atoms with E-state index in [1.165, 1.54) is 9.65 Å². The molecular formula is C15H14INO2. The van der Waals surface area contributed by atoms with E-state index in [-0.39, 0.29) is 5.91 Å². The number of hydrogen-bond acceptors (Lipinski definition) is 2. The molecule has 1 N–H and O–H groups in total. The van der Waals surface area contributed by atoms with Crippen LogP contribution in [0.25, 0.3) is 6.08 Å². The van der Waals surface area contributed by atoms with E-state index in [0.29, 0.717) is 5.76 Å². The fourth-order valence-corrected chi connectivity index (χ4v) is 2.25. The SMILES string of the molecule is CCc1cc(I)ccc1NC(=O)C=Cc1ccco1. The molecule has 19 heavy (non-hydrogen) atoms. The molecule has 0 fully saturated rings. The highest BCUT2D eigenvalue weighted by atomic mass is 127. The van der Waals surface area contributed by atoms with Crippen molar-refractivity contribution in [1.82, 2.24) is 0 Å². The van der Waals surface area contributed by atoms with Gasteiger partial charge in [-0.15, -0.1) is 0 Å². The van der Waals surface area contributed by atoms with Gasteiger partial charge in [-0.1, -0.05) is 6.92 Å². The molecule has 4 heteroatoms. The van der Waals surface area contributed by atoms with Crippen LogP contribution in [-0.2, 0) is 11.2 Å². The third-order valence-electron chi connectivity index (χ3n) is 2.65. The minimum Gasteiger partial charge on any atom is -0.465 e. The normalized spacial score (nSPS) is 10.8. The van der Waals surface area contributed by atoms with Crippen LogP contribution in [0.15, 0.2) is 47.1 Å². The summed E-state index contributed by atoms with van der Waals surface area (Å²) in [6.07, 6.45) is 5.57. The van der Waals surface area contributed by atoms with Crippen LogP contribution in [0, 0.1) is 3.57 Å². The van der Waals surface area contributed by atoms with E-state index in [1.807, 2.05) is 12.1 Å². The number of amides is 1. The molecule has 0 radical (unpaired) electrons. The molecule has 0 bridgehead atoms. The van der Waals surface area contributed by atoms with Crippen molar-refractivity contribution in [3.05, 3.63) is 57.6 Å². The van der Waals surface area contributed by atoms with Crippen molar-refractivity contribution >= 4 is 40.3 Å². The Hall–Kier alpha value is -1.56. The third-order valence-corrected chi connectivity index (χ3v) is 3.32. The number of furan rings is 1. The summed E-state index contributed by atoms with van der Waals surface area (Å²) < 4.78 is 6.29. The van der Waals surface area contributed by atoms with Gasteiger partial charge in [-0.2, -0.15) is 0 Å². The lowest BCUT2D eigenvalue weighted by molar-refractivity contribution is -0.111. The minimum atomic E-state index is -0.160. The zero-order valence-corrected chi connectivity index (χ0v) is 12.7. The van der Waals surface area contributed by atoms with Gasteiger partial charge in [0.25, 0.3) is 0 Å². The molecule has 0 atom stereocenters. The van der Waals surface area contributed by atoms with Gasteiger partial charge in [0.2, 0.25) is 5.91 Å². The Labute approximate surface area is 125 Å². The van der Waals surface area contributed by atoms with Crippen molar-refractivity contribution < 1.29 is 9.21 Å². The molecule has 0 aliphatic rings. The van der Waals surface area contributed by atoms with Gasteiger partial charge in [-0.3, -0.25) is 4.79 Å². The number of nitrogens with one attached hydrogen (secondary N) is 1. The second kappa shape index (κ2) is 6.56. The van der Waals surface area contributed by atoms with Crippen molar-refractivity contribution in [2.75, 3.05) is 5.32 Å². The van der Waals surface area contributed by atoms with Crippen molar-refractivity contribution in [3.8, 4) is 0 Å². The van der Waals surface area contributed by atoms with Crippen LogP contribution in [0.3, 0.4) is 0 Å². The summed E-state index contributed by atoms with van der Waals surface area (Å²) in [6.45, 7) is 2.07. The lowest BCUT2D eigenvalue weighted by Gasteiger charge is -2.08. The Balaban J connectivity index is 2.06. The van der Waals surface area contributed by atoms with Gasteiger partial charge in [-0.25, -0.2) is 0 Å². The van der Waals surface area contributed by atoms with E-state index in [2.05, 4.69) is 40.9 Å². The maximum absolute atomic E-state index is 11.8. The van der Waals surface area contributed by atoms with Crippen molar-refractivity contribution in [2.45, 2.75) is 13.3 Å². The predicted molar refractivity (Wildman–Crippen MR) is 84.9 cm³/mol. The second-order valence-electron chi connectivity index (χ2n) is 3.99. The molecule has 0 saturated heterocycles. The molecule has 0 aliphatic heterocycles. The monoisotopic (exact) mass is 367 g/mol. The van der Waals surface area contributed by atoms with Crippen LogP contribution < -0.4 is 5.32 Å². The molecule has 0 unspecified atom stereocenters. The number of hydrogen-bond donors (Lipinski definition) is 1. The highest BCUT2D eigenvalue weighted by Crippen LogP contribution is 2.19. The van der Waals surface area contributed by atoms with Gasteiger partial charge in [0, 0.05) is 15.3 Å². The molecule has 2 aromatic rings. The van der Waals surface area contributed by atoms with E-state index >= 15 is 0 Å². The summed E-state index contributed by atoms with van der Waals surface area (Å²) >= 11 is 2.26. The molecule has 0 aliphatic carbocycles. The fourth-order valence-electron chi connectivity index (χ4n) is 1.70. The van der Waals surface area contributed by atoms with E-state index in [0.717, 1.165) is 17.7 Å². The van der Waals surface area contributed by atoms with Crippen molar-refractivity contribution in [1.29, 1.82) is 0 Å². The quantitative estimate of drug-likeness (QED) is 0.653. The number of halogens is 1. The summed E-state index contributed by atoms with van der Waals surface area (Å²) in [5.41, 5.74) is 1.99. The highest BCUT2D eigenvalue weighted by Gasteiger charge is 2.04. The van der Waals surface area contributed by atoms with Crippen molar-refractivity contribution in [3.63, 3.8) is 0 Å². The van der Waals surface area contributed by atoms with Gasteiger partial charge in [0.1, 0.15) is 5.76 Å². The summed E-state index contributed by atoms with van der Waals surface area (Å²) in [6, 6.07) is 9.56. The molecule has 3 nitrogen and oxygen atoms in total. The van der Waals surface area contributed by atoms with E-state index < -0.39 is 0 Å². The fraction of sp³-hybridized carbons (Fsp3) is 0.133. The van der Waals surface area contributed by atoms with Crippen LogP contribution in [-0.4, -0.2) is 5.91 Å². The van der Waals surface area contributed by atoms with Gasteiger partial charge < -0.3 is 9.73 Å². The number of benzene rings is 1. The first-order valence-electron chi connectivity index (χ1n) is 6.00. The highest BCUT2D eigenvalue weighted by molar-refractivity contribution is 14.1. The lowest BCUT2D eigenvalue weighted by atomic mass is 10.1. The van der Waals surface area contributed by atoms with Crippen LogP contribution >= 0.6 is 22.6 Å². The minimum absolute atomic E-state index is 0.160. The Bertz CT molecular complexity index is 588. The first-order chi connectivity index (χ1) is 9.19. The average molecular weight is 367 g/mol. The zero-order valence-electron chi connectivity index (χ0n) is 10.5. The molecule has 1 aromatic heterocycles. The molecular weight excluding hydrogens is 353 g/mol. The lowest BCUT2D eigenvalue weighted by Crippen LogP contribution is -2.09. The van der Waals surface area contributed by atoms with Crippen molar-refractivity contribution in [2.24, 2.45) is 0 Å². The summed E-state index contributed by atoms with van der Waals surface area (Å²) in [4.78, 5) is 11.8. The maximum Gasteiger partial charge on any atom is 0.248 e. The molecule has 0 spiro atoms. The van der Waals surface area contributed by atoms with Crippen LogP contribution in [0.5, 0.6) is 0 Å². The number of carbonyl (C=O) groups is 1. The van der Waals surface area contributed by atoms with E-state index in [4.69, 9.17) is 4.42 Å². The molecule has 1 aromatic carbocycles. The Morgan fingerprint density at radius 2 is 2.26 bits per heavy atom. The van der Waals surface area contributed by atoms with Crippen LogP contribution in [0.1, 0.15) is 18.2 Å². The number of carbonyl (C=O) groups excluding carboxylic acids is 1. The first-order valence-corrected chi connectivity index (χ1v) is 7.08. The summed E-state index contributed by atoms with van der Waals surface area (Å²) in [7, 11) is 0. The van der Waals surface area contributed by atoms with Gasteiger partial charge in [-0.05, 0) is 71.0 Å².